The van der Waals surface area contributed by atoms with Crippen LogP contribution in [0.25, 0.3) is 0 Å². The monoisotopic (exact) mass is 86.1 g/mol. The van der Waals surface area contributed by atoms with Gasteiger partial charge in [-0.2, -0.15) is 11.1 Å². The molecule has 0 aliphatic heterocycles. The Morgan fingerprint density at radius 2 is 1.20 bits per heavy atom. The minimum absolute atomic E-state index is 0. The van der Waals surface area contributed by atoms with Gasteiger partial charge in [0.05, 0.1) is 0 Å². The predicted octanol–water partition coefficient (Wildman–Crippen LogP) is -2.82. The molecular formula is H7N4Na. The Morgan fingerprint density at radius 1 is 1.00 bits per heavy atom. The molecule has 0 heterocycles. The summed E-state index contributed by atoms with van der Waals surface area (Å²) in [5, 5.41) is 0. The van der Waals surface area contributed by atoms with Crippen LogP contribution in [0.3, 0.4) is 0 Å². The molecule has 0 saturated heterocycles. The van der Waals surface area contributed by atoms with Gasteiger partial charge in [0.1, 0.15) is 0 Å². The van der Waals surface area contributed by atoms with Gasteiger partial charge in [-0.1, -0.05) is 0 Å². The molecule has 4 nitrogen and oxygen atoms in total. The van der Waals surface area contributed by atoms with Gasteiger partial charge >= 0.3 is 29.6 Å². The van der Waals surface area contributed by atoms with Gasteiger partial charge in [-0.3, -0.25) is 11.7 Å². The topological polar surface area (TPSA) is 76.1 Å². The van der Waals surface area contributed by atoms with E-state index in [1.54, 1.807) is 0 Å². The van der Waals surface area contributed by atoms with E-state index in [0.29, 0.717) is 0 Å². The maximum atomic E-state index is 4.54. The Hall–Kier alpha value is 0.840. The maximum absolute atomic E-state index is 4.54. The van der Waals surface area contributed by atoms with Gasteiger partial charge in [0, 0.05) is 0 Å². The van der Waals surface area contributed by atoms with Crippen molar-refractivity contribution >= 4 is 29.6 Å². The van der Waals surface area contributed by atoms with E-state index < -0.39 is 0 Å². The number of hydrazine groups is 3. The van der Waals surface area contributed by atoms with Crippen LogP contribution in [0.1, 0.15) is 0 Å². The van der Waals surface area contributed by atoms with Gasteiger partial charge in [-0.05, 0) is 0 Å². The van der Waals surface area contributed by atoms with Gasteiger partial charge in [0.2, 0.25) is 0 Å². The molecule has 0 aromatic heterocycles. The second kappa shape index (κ2) is 8.85. The van der Waals surface area contributed by atoms with E-state index in [2.05, 4.69) is 11.7 Å². The minimum atomic E-state index is 0. The third-order valence-corrected chi connectivity index (χ3v) is 0.0833. The first-order chi connectivity index (χ1) is 1.91. The first-order valence-electron chi connectivity index (χ1n) is 0.827. The summed E-state index contributed by atoms with van der Waals surface area (Å²) in [6.45, 7) is 0. The molecule has 5 heteroatoms. The van der Waals surface area contributed by atoms with Crippen LogP contribution in [0.5, 0.6) is 0 Å². The second-order valence-corrected chi connectivity index (χ2v) is 0.289. The van der Waals surface area contributed by atoms with Crippen molar-refractivity contribution in [1.82, 2.24) is 11.1 Å². The molecule has 0 atom stereocenters. The molecule has 5 heavy (non-hydrogen) atoms. The summed E-state index contributed by atoms with van der Waals surface area (Å²) in [7, 11) is 0. The van der Waals surface area contributed by atoms with Crippen LogP contribution in [0.2, 0.25) is 0 Å². The van der Waals surface area contributed by atoms with E-state index in [9.17, 15) is 0 Å². The molecule has 0 aromatic rings. The molecule has 6 N–H and O–H groups in total. The zero-order valence-electron chi connectivity index (χ0n) is 2.15. The van der Waals surface area contributed by atoms with Gasteiger partial charge in [0.15, 0.2) is 0 Å². The fraction of sp³-hybridized carbons (Fsp3) is 0. The van der Waals surface area contributed by atoms with Crippen LogP contribution in [0.4, 0.5) is 0 Å². The van der Waals surface area contributed by atoms with Crippen molar-refractivity contribution in [1.29, 1.82) is 0 Å². The van der Waals surface area contributed by atoms with Gasteiger partial charge in [-0.15, -0.1) is 0 Å². The molecule has 0 radical (unpaired) electrons. The van der Waals surface area contributed by atoms with Crippen molar-refractivity contribution in [3.63, 3.8) is 0 Å². The predicted molar refractivity (Wildman–Crippen MR) is 21.8 cm³/mol. The zero-order chi connectivity index (χ0) is 3.41. The summed E-state index contributed by atoms with van der Waals surface area (Å²) >= 11 is 0. The van der Waals surface area contributed by atoms with Crippen molar-refractivity contribution in [3.05, 3.63) is 0 Å². The van der Waals surface area contributed by atoms with Crippen molar-refractivity contribution in [2.24, 2.45) is 11.7 Å². The number of rotatable bonds is 1. The fourth-order valence-corrected chi connectivity index (χ4v) is 0. The van der Waals surface area contributed by atoms with Crippen molar-refractivity contribution in [2.45, 2.75) is 0 Å². The van der Waals surface area contributed by atoms with Crippen molar-refractivity contribution < 1.29 is 0 Å². The zero-order valence-corrected chi connectivity index (χ0v) is 2.15. The molecule has 0 aliphatic rings. The summed E-state index contributed by atoms with van der Waals surface area (Å²) in [6.07, 6.45) is 0. The first kappa shape index (κ1) is 9.28. The Balaban J connectivity index is 0. The van der Waals surface area contributed by atoms with Crippen LogP contribution < -0.4 is 22.8 Å². The average molecular weight is 86.1 g/mol. The number of hydrogen-bond acceptors (Lipinski definition) is 4. The fourth-order valence-electron chi connectivity index (χ4n) is 0. The van der Waals surface area contributed by atoms with Gasteiger partial charge < -0.3 is 0 Å². The molecule has 0 rings (SSSR count). The third kappa shape index (κ3) is 11.5. The summed E-state index contributed by atoms with van der Waals surface area (Å²) in [5.41, 5.74) is 3.92. The molecule has 0 bridgehead atoms. The Bertz CT molecular complexity index is 5.61. The van der Waals surface area contributed by atoms with E-state index in [4.69, 9.17) is 0 Å². The standard InChI is InChI=1S/H6N4.Na.H/c1-3-4-2;;/h3-4H,1-2H2;;. The van der Waals surface area contributed by atoms with E-state index in [1.165, 1.54) is 0 Å². The molecule has 0 fully saturated rings. The van der Waals surface area contributed by atoms with E-state index in [1.807, 2.05) is 11.1 Å². The number of hydrogen-bond donors (Lipinski definition) is 4. The summed E-state index contributed by atoms with van der Waals surface area (Å²) in [5.74, 6) is 9.08. The van der Waals surface area contributed by atoms with Crippen molar-refractivity contribution in [3.8, 4) is 0 Å². The Kier molecular flexibility index (Phi) is 16.4. The Morgan fingerprint density at radius 3 is 1.20 bits per heavy atom. The molecule has 0 spiro atoms. The van der Waals surface area contributed by atoms with E-state index in [-0.39, 0.29) is 29.6 Å². The van der Waals surface area contributed by atoms with E-state index in [0.717, 1.165) is 0 Å². The van der Waals surface area contributed by atoms with Gasteiger partial charge in [-0.25, -0.2) is 0 Å². The molecule has 0 saturated carbocycles. The molecule has 0 aromatic carbocycles. The molecule has 0 unspecified atom stereocenters. The Labute approximate surface area is 52.5 Å². The normalized spacial score (nSPS) is 6.00. The third-order valence-electron chi connectivity index (χ3n) is 0.0833. The van der Waals surface area contributed by atoms with Crippen LogP contribution >= 0.6 is 0 Å². The van der Waals surface area contributed by atoms with Crippen LogP contribution in [-0.2, 0) is 0 Å². The van der Waals surface area contributed by atoms with Crippen LogP contribution in [0, 0.1) is 0 Å². The molecule has 0 amide bonds. The summed E-state index contributed by atoms with van der Waals surface area (Å²) < 4.78 is 0. The van der Waals surface area contributed by atoms with E-state index >= 15 is 0 Å². The van der Waals surface area contributed by atoms with Crippen LogP contribution in [0.15, 0.2) is 0 Å². The summed E-state index contributed by atoms with van der Waals surface area (Å²) in [4.78, 5) is 0. The van der Waals surface area contributed by atoms with Gasteiger partial charge in [0.25, 0.3) is 0 Å². The van der Waals surface area contributed by atoms with Crippen LogP contribution in [-0.4, -0.2) is 29.6 Å². The molecule has 0 aliphatic carbocycles. The van der Waals surface area contributed by atoms with Crippen molar-refractivity contribution in [2.75, 3.05) is 0 Å². The molecular weight excluding hydrogens is 79.0 g/mol. The average Bonchev–Trinajstić information content (AvgIpc) is 1.37. The first-order valence-corrected chi connectivity index (χ1v) is 0.827. The SMILES string of the molecule is NNNN.[NaH]. The quantitative estimate of drug-likeness (QED) is 0.158. The number of nitrogens with two attached hydrogens (primary N) is 2. The summed E-state index contributed by atoms with van der Waals surface area (Å²) in [6, 6.07) is 0. The molecule has 28 valence electrons. The second-order valence-electron chi connectivity index (χ2n) is 0.289. The number of nitrogens with one attached hydrogen (secondary N) is 2.